The second-order valence-electron chi connectivity index (χ2n) is 14.3. The topological polar surface area (TPSA) is 228 Å². The number of nitrogens with zero attached hydrogens (tertiary/aromatic N) is 5. The summed E-state index contributed by atoms with van der Waals surface area (Å²) in [6, 6.07) is 8.61. The van der Waals surface area contributed by atoms with Crippen molar-refractivity contribution >= 4 is 57.9 Å². The lowest BCUT2D eigenvalue weighted by Gasteiger charge is -2.27. The SMILES string of the molecule is COc1cc(-c2cn(C)c(=O)c3cnc(N(C(=O)O)C(=O)CCOCCOCCNc4ccc5c(c4)C(=O)N(C4CCC(=O)NC4=O)C5=O)cc23)cc(OC)c1CN(C)C. The molecule has 2 aromatic heterocycles. The molecule has 3 N–H and O–H groups in total. The second-order valence-corrected chi connectivity index (χ2v) is 14.3. The van der Waals surface area contributed by atoms with Gasteiger partial charge in [0.1, 0.15) is 23.4 Å². The molecule has 19 heteroatoms. The standard InChI is InChI=1S/C41H45N7O12/c1-45(2)21-30-32(57-4)16-23(17-33(30)58-5)29-22-46(3)38(52)28-20-43-34(19-26(28)29)48(41(55)56)36(50)10-12-59-14-15-60-13-11-42-24-6-7-25-27(18-24)40(54)47(39(25)53)31-8-9-35(49)44-37(31)51/h6-7,16-20,22,31,42H,8-15,21H2,1-5H3,(H,55,56)(H,44,49,51). The number of pyridine rings is 2. The van der Waals surface area contributed by atoms with Crippen molar-refractivity contribution in [2.24, 2.45) is 7.05 Å². The molecule has 0 radical (unpaired) electrons. The minimum Gasteiger partial charge on any atom is -0.496 e. The first kappa shape index (κ1) is 42.9. The van der Waals surface area contributed by atoms with E-state index < -0.39 is 41.7 Å². The van der Waals surface area contributed by atoms with Crippen LogP contribution in [0.1, 0.15) is 45.5 Å². The highest BCUT2D eigenvalue weighted by molar-refractivity contribution is 6.23. The van der Waals surface area contributed by atoms with E-state index in [2.05, 4.69) is 15.6 Å². The molecule has 0 aliphatic carbocycles. The van der Waals surface area contributed by atoms with Gasteiger partial charge in [0.15, 0.2) is 0 Å². The smallest absolute Gasteiger partial charge is 0.420 e. The van der Waals surface area contributed by atoms with Crippen molar-refractivity contribution in [3.63, 3.8) is 0 Å². The number of hydrogen-bond donors (Lipinski definition) is 3. The Balaban J connectivity index is 1.02. The van der Waals surface area contributed by atoms with E-state index in [1.165, 1.54) is 29.0 Å². The molecule has 0 spiro atoms. The normalized spacial score (nSPS) is 15.0. The number of carbonyl (C=O) groups excluding carboxylic acids is 5. The van der Waals surface area contributed by atoms with Gasteiger partial charge in [0.05, 0.1) is 69.1 Å². The Kier molecular flexibility index (Phi) is 13.2. The van der Waals surface area contributed by atoms with Gasteiger partial charge < -0.3 is 38.8 Å². The van der Waals surface area contributed by atoms with Crippen LogP contribution in [0.15, 0.2) is 53.6 Å². The molecule has 1 fully saturated rings. The predicted octanol–water partition coefficient (Wildman–Crippen LogP) is 2.63. The average molecular weight is 828 g/mol. The molecule has 1 atom stereocenters. The number of benzene rings is 2. The third-order valence-electron chi connectivity index (χ3n) is 9.96. The lowest BCUT2D eigenvalue weighted by atomic mass is 9.98. The predicted molar refractivity (Wildman–Crippen MR) is 216 cm³/mol. The van der Waals surface area contributed by atoms with Crippen molar-refractivity contribution in [2.45, 2.75) is 31.8 Å². The van der Waals surface area contributed by atoms with E-state index in [-0.39, 0.29) is 73.6 Å². The summed E-state index contributed by atoms with van der Waals surface area (Å²) < 4.78 is 23.9. The highest BCUT2D eigenvalue weighted by Gasteiger charge is 2.44. The van der Waals surface area contributed by atoms with Gasteiger partial charge >= 0.3 is 6.09 Å². The van der Waals surface area contributed by atoms with Gasteiger partial charge in [-0.15, -0.1) is 0 Å². The Morgan fingerprint density at radius 1 is 0.900 bits per heavy atom. The molecule has 1 unspecified atom stereocenters. The second kappa shape index (κ2) is 18.5. The molecule has 6 rings (SSSR count). The van der Waals surface area contributed by atoms with E-state index in [0.717, 1.165) is 10.5 Å². The van der Waals surface area contributed by atoms with Crippen LogP contribution in [0, 0.1) is 0 Å². The summed E-state index contributed by atoms with van der Waals surface area (Å²) in [5.41, 5.74) is 2.50. The summed E-state index contributed by atoms with van der Waals surface area (Å²) in [6.45, 7) is 1.25. The number of ether oxygens (including phenoxy) is 4. The first-order valence-corrected chi connectivity index (χ1v) is 18.9. The van der Waals surface area contributed by atoms with Crippen LogP contribution in [0.2, 0.25) is 0 Å². The molecule has 0 saturated carbocycles. The monoisotopic (exact) mass is 827 g/mol. The van der Waals surface area contributed by atoms with Gasteiger partial charge in [0, 0.05) is 55.6 Å². The molecule has 2 aliphatic heterocycles. The van der Waals surface area contributed by atoms with Gasteiger partial charge in [-0.1, -0.05) is 0 Å². The Bertz CT molecular complexity index is 2410. The highest BCUT2D eigenvalue weighted by Crippen LogP contribution is 2.38. The maximum absolute atomic E-state index is 13.2. The number of carbonyl (C=O) groups is 6. The van der Waals surface area contributed by atoms with Crippen LogP contribution in [0.5, 0.6) is 11.5 Å². The third-order valence-corrected chi connectivity index (χ3v) is 9.96. The van der Waals surface area contributed by atoms with Crippen LogP contribution >= 0.6 is 0 Å². The number of methoxy groups -OCH3 is 2. The summed E-state index contributed by atoms with van der Waals surface area (Å²) >= 11 is 0. The number of aryl methyl sites for hydroxylation is 1. The zero-order valence-electron chi connectivity index (χ0n) is 33.7. The number of imide groups is 3. The van der Waals surface area contributed by atoms with Gasteiger partial charge in [-0.05, 0) is 62.5 Å². The number of rotatable bonds is 17. The van der Waals surface area contributed by atoms with E-state index in [0.29, 0.717) is 51.7 Å². The van der Waals surface area contributed by atoms with Gasteiger partial charge in [-0.3, -0.25) is 39.0 Å². The van der Waals surface area contributed by atoms with Crippen LogP contribution in [0.4, 0.5) is 16.3 Å². The lowest BCUT2D eigenvalue weighted by Crippen LogP contribution is -2.54. The van der Waals surface area contributed by atoms with Crippen LogP contribution < -0.4 is 30.6 Å². The summed E-state index contributed by atoms with van der Waals surface area (Å²) in [5, 5.41) is 15.9. The lowest BCUT2D eigenvalue weighted by molar-refractivity contribution is -0.136. The van der Waals surface area contributed by atoms with E-state index >= 15 is 0 Å². The first-order chi connectivity index (χ1) is 28.7. The average Bonchev–Trinajstić information content (AvgIpc) is 3.46. The van der Waals surface area contributed by atoms with Crippen molar-refractivity contribution in [2.75, 3.05) is 71.5 Å². The molecule has 60 heavy (non-hydrogen) atoms. The summed E-state index contributed by atoms with van der Waals surface area (Å²) in [7, 11) is 8.51. The van der Waals surface area contributed by atoms with Crippen molar-refractivity contribution in [1.82, 2.24) is 24.7 Å². The molecule has 2 aromatic carbocycles. The Morgan fingerprint density at radius 2 is 1.58 bits per heavy atom. The van der Waals surface area contributed by atoms with Crippen molar-refractivity contribution in [1.29, 1.82) is 0 Å². The highest BCUT2D eigenvalue weighted by atomic mass is 16.5. The number of aromatic nitrogens is 2. The van der Waals surface area contributed by atoms with Crippen molar-refractivity contribution in [3.8, 4) is 22.6 Å². The van der Waals surface area contributed by atoms with Crippen molar-refractivity contribution < 1.29 is 52.8 Å². The Labute approximate surface area is 343 Å². The molecule has 19 nitrogen and oxygen atoms in total. The molecule has 4 aromatic rings. The maximum Gasteiger partial charge on any atom is 0.420 e. The molecule has 4 heterocycles. The zero-order valence-corrected chi connectivity index (χ0v) is 33.7. The Hall–Kier alpha value is -6.70. The van der Waals surface area contributed by atoms with Crippen LogP contribution in [-0.4, -0.2) is 127 Å². The minimum atomic E-state index is -1.56. The molecule has 1 saturated heterocycles. The molecule has 0 bridgehead atoms. The fourth-order valence-electron chi connectivity index (χ4n) is 7.09. The molecule has 2 aliphatic rings. The van der Waals surface area contributed by atoms with Crippen LogP contribution in [-0.2, 0) is 37.4 Å². The van der Waals surface area contributed by atoms with Crippen LogP contribution in [0.25, 0.3) is 21.9 Å². The summed E-state index contributed by atoms with van der Waals surface area (Å²) in [4.78, 5) is 96.2. The maximum atomic E-state index is 13.2. The quantitative estimate of drug-likeness (QED) is 0.103. The zero-order chi connectivity index (χ0) is 43.2. The van der Waals surface area contributed by atoms with Gasteiger partial charge in [0.2, 0.25) is 17.7 Å². The van der Waals surface area contributed by atoms with E-state index in [1.807, 2.05) is 19.0 Å². The molecule has 6 amide bonds. The number of carboxylic acid groups (broad SMARTS) is 1. The number of amides is 6. The minimum absolute atomic E-state index is 0.0291. The number of piperidine rings is 1. The van der Waals surface area contributed by atoms with Crippen molar-refractivity contribution in [3.05, 3.63) is 75.8 Å². The Morgan fingerprint density at radius 3 is 2.23 bits per heavy atom. The summed E-state index contributed by atoms with van der Waals surface area (Å²) in [5.74, 6) is -2.22. The number of anilines is 2. The largest absolute Gasteiger partial charge is 0.496 e. The number of fused-ring (bicyclic) bond motifs is 2. The molecular weight excluding hydrogens is 782 g/mol. The van der Waals surface area contributed by atoms with E-state index in [9.17, 15) is 38.7 Å². The van der Waals surface area contributed by atoms with Crippen LogP contribution in [0.3, 0.4) is 0 Å². The fourth-order valence-corrected chi connectivity index (χ4v) is 7.09. The molecule has 316 valence electrons. The van der Waals surface area contributed by atoms with Gasteiger partial charge in [0.25, 0.3) is 17.4 Å². The number of nitrogens with one attached hydrogen (secondary N) is 2. The van der Waals surface area contributed by atoms with E-state index in [4.69, 9.17) is 18.9 Å². The fraction of sp³-hybridized carbons (Fsp3) is 0.366. The van der Waals surface area contributed by atoms with Gasteiger partial charge in [-0.2, -0.15) is 4.90 Å². The summed E-state index contributed by atoms with van der Waals surface area (Å²) in [6.07, 6.45) is 1.11. The van der Waals surface area contributed by atoms with Gasteiger partial charge in [-0.25, -0.2) is 9.78 Å². The third kappa shape index (κ3) is 8.97. The number of hydrogen-bond acceptors (Lipinski definition) is 14. The first-order valence-electron chi connectivity index (χ1n) is 18.9. The van der Waals surface area contributed by atoms with E-state index in [1.54, 1.807) is 45.7 Å². The molecular formula is C41H45N7O12.